The van der Waals surface area contributed by atoms with Crippen LogP contribution in [0.15, 0.2) is 115 Å². The maximum Gasteiger partial charge on any atom is 0.0406 e. The summed E-state index contributed by atoms with van der Waals surface area (Å²) in [4.78, 5) is 0. The molecule has 0 saturated heterocycles. The van der Waals surface area contributed by atoms with Gasteiger partial charge in [0, 0.05) is 10.4 Å². The lowest BCUT2D eigenvalue weighted by Gasteiger charge is -2.54. The minimum absolute atomic E-state index is 0.0659. The second-order valence-corrected chi connectivity index (χ2v) is 20.7. The summed E-state index contributed by atoms with van der Waals surface area (Å²) < 4.78 is 0. The maximum atomic E-state index is 6.75. The van der Waals surface area contributed by atoms with Gasteiger partial charge in [0.05, 0.1) is 0 Å². The van der Waals surface area contributed by atoms with E-state index in [9.17, 15) is 0 Å². The van der Waals surface area contributed by atoms with Crippen LogP contribution in [0.5, 0.6) is 0 Å². The highest BCUT2D eigenvalue weighted by Gasteiger charge is 2.65. The van der Waals surface area contributed by atoms with Crippen LogP contribution in [-0.4, -0.2) is 0 Å². The van der Waals surface area contributed by atoms with Gasteiger partial charge in [0.1, 0.15) is 0 Å². The molecule has 0 amide bonds. The minimum atomic E-state index is 0.0659. The molecular weight excluding hydrogens is 660 g/mol. The molecule has 0 heterocycles. The topological polar surface area (TPSA) is 0 Å². The summed E-state index contributed by atoms with van der Waals surface area (Å²) >= 11 is 6.75. The Labute approximate surface area is 327 Å². The van der Waals surface area contributed by atoms with Crippen LogP contribution in [0.2, 0.25) is 5.02 Å². The number of hydrogen-bond donors (Lipinski definition) is 0. The van der Waals surface area contributed by atoms with Crippen LogP contribution < -0.4 is 0 Å². The molecule has 53 heavy (non-hydrogen) atoms. The highest BCUT2D eigenvalue weighted by atomic mass is 35.5. The highest BCUT2D eigenvalue weighted by Crippen LogP contribution is 2.71. The predicted octanol–water partition coefficient (Wildman–Crippen LogP) is 14.6. The molecule has 0 bridgehead atoms. The van der Waals surface area contributed by atoms with Crippen molar-refractivity contribution in [3.63, 3.8) is 0 Å². The Bertz CT molecular complexity index is 1690. The minimum Gasteiger partial charge on any atom is -0.0843 e. The lowest BCUT2D eigenvalue weighted by Crippen LogP contribution is -2.50. The number of fused-ring (bicyclic) bond motifs is 3. The van der Waals surface area contributed by atoms with Crippen LogP contribution in [0, 0.1) is 58.2 Å². The lowest BCUT2D eigenvalue weighted by atomic mass is 9.50. The van der Waals surface area contributed by atoms with Gasteiger partial charge in [0.15, 0.2) is 0 Å². The molecule has 4 aliphatic carbocycles. The summed E-state index contributed by atoms with van der Waals surface area (Å²) in [6.45, 7) is 15.3. The van der Waals surface area contributed by atoms with Crippen molar-refractivity contribution >= 4 is 11.6 Å². The molecule has 280 valence electrons. The van der Waals surface area contributed by atoms with Crippen LogP contribution in [0.1, 0.15) is 127 Å². The Hall–Kier alpha value is -2.83. The molecule has 4 fully saturated rings. The SMILES string of the molecule is CC(C)(C)C1CC2C3CC(C(C)(C)C)C(c4ccccc4)CC3C(C(Cc3ccccc3)(c3ccc(Cl)cc3)C3CCCC3)C2CC1c1ccccc1. The molecule has 4 aliphatic rings. The van der Waals surface area contributed by atoms with Crippen molar-refractivity contribution in [2.24, 2.45) is 58.2 Å². The monoisotopic (exact) mass is 724 g/mol. The molecule has 0 N–H and O–H groups in total. The van der Waals surface area contributed by atoms with Gasteiger partial charge in [-0.15, -0.1) is 0 Å². The van der Waals surface area contributed by atoms with Gasteiger partial charge in [-0.3, -0.25) is 0 Å². The van der Waals surface area contributed by atoms with Gasteiger partial charge in [0.2, 0.25) is 0 Å². The normalized spacial score (nSPS) is 31.8. The molecule has 4 aromatic rings. The third kappa shape index (κ3) is 6.98. The van der Waals surface area contributed by atoms with Gasteiger partial charge in [0.25, 0.3) is 0 Å². The highest BCUT2D eigenvalue weighted by molar-refractivity contribution is 6.30. The van der Waals surface area contributed by atoms with Crippen LogP contribution in [0.3, 0.4) is 0 Å². The Morgan fingerprint density at radius 1 is 0.509 bits per heavy atom. The number of benzene rings is 4. The third-order valence-corrected chi connectivity index (χ3v) is 16.0. The molecule has 1 heteroatoms. The molecule has 0 aliphatic heterocycles. The Kier molecular flexibility index (Phi) is 10.3. The summed E-state index contributed by atoms with van der Waals surface area (Å²) in [5, 5.41) is 0.862. The molecule has 4 saturated carbocycles. The molecule has 0 nitrogen and oxygen atoms in total. The van der Waals surface area contributed by atoms with Crippen LogP contribution in [0.4, 0.5) is 0 Å². The van der Waals surface area contributed by atoms with E-state index in [1.807, 2.05) is 0 Å². The summed E-state index contributed by atoms with van der Waals surface area (Å²) in [5.41, 5.74) is 6.83. The van der Waals surface area contributed by atoms with E-state index in [0.717, 1.165) is 23.3 Å². The van der Waals surface area contributed by atoms with Gasteiger partial charge >= 0.3 is 0 Å². The number of halogens is 1. The van der Waals surface area contributed by atoms with Gasteiger partial charge in [-0.2, -0.15) is 0 Å². The van der Waals surface area contributed by atoms with Gasteiger partial charge < -0.3 is 0 Å². The lowest BCUT2D eigenvalue weighted by molar-refractivity contribution is 0.0294. The fourth-order valence-electron chi connectivity index (χ4n) is 13.7. The van der Waals surface area contributed by atoms with Crippen LogP contribution in [0.25, 0.3) is 0 Å². The smallest absolute Gasteiger partial charge is 0.0406 e. The van der Waals surface area contributed by atoms with E-state index in [0.29, 0.717) is 47.3 Å². The molecule has 9 atom stereocenters. The first-order valence-electron chi connectivity index (χ1n) is 21.3. The Balaban J connectivity index is 1.36. The summed E-state index contributed by atoms with van der Waals surface area (Å²) in [6.07, 6.45) is 11.9. The molecule has 8 rings (SSSR count). The molecule has 0 radical (unpaired) electrons. The standard InChI is InChI=1S/C52H65Cl/c1-50(2,3)47-32-43-44-33-48(51(4,5)6)42(37-22-14-9-15-23-37)31-46(44)49(45(43)30-41(47)36-20-12-8-13-21-36)52(38-24-16-17-25-38,34-35-18-10-7-11-19-35)39-26-28-40(53)29-27-39/h7-15,18-23,26-29,38,41-49H,16-17,24-25,30-34H2,1-6H3. The number of rotatable bonds is 7. The summed E-state index contributed by atoms with van der Waals surface area (Å²) in [7, 11) is 0. The van der Waals surface area contributed by atoms with Crippen molar-refractivity contribution in [1.29, 1.82) is 0 Å². The zero-order valence-corrected chi connectivity index (χ0v) is 34.2. The largest absolute Gasteiger partial charge is 0.0843 e. The van der Waals surface area contributed by atoms with E-state index in [2.05, 4.69) is 157 Å². The van der Waals surface area contributed by atoms with E-state index >= 15 is 0 Å². The van der Waals surface area contributed by atoms with Crippen molar-refractivity contribution in [3.8, 4) is 0 Å². The van der Waals surface area contributed by atoms with E-state index < -0.39 is 0 Å². The predicted molar refractivity (Wildman–Crippen MR) is 225 cm³/mol. The first-order chi connectivity index (χ1) is 25.4. The molecule has 0 aromatic heterocycles. The van der Waals surface area contributed by atoms with Crippen molar-refractivity contribution in [2.45, 2.75) is 117 Å². The van der Waals surface area contributed by atoms with Crippen molar-refractivity contribution < 1.29 is 0 Å². The second kappa shape index (κ2) is 14.7. The molecule has 9 unspecified atom stereocenters. The zero-order valence-electron chi connectivity index (χ0n) is 33.5. The first kappa shape index (κ1) is 37.1. The van der Waals surface area contributed by atoms with E-state index in [1.165, 1.54) is 56.9 Å². The molecular formula is C52H65Cl. The maximum absolute atomic E-state index is 6.75. The average Bonchev–Trinajstić information content (AvgIpc) is 3.81. The average molecular weight is 726 g/mol. The van der Waals surface area contributed by atoms with E-state index in [1.54, 1.807) is 16.7 Å². The van der Waals surface area contributed by atoms with Crippen LogP contribution >= 0.6 is 11.6 Å². The van der Waals surface area contributed by atoms with Crippen molar-refractivity contribution in [3.05, 3.63) is 143 Å². The second-order valence-electron chi connectivity index (χ2n) is 20.3. The summed E-state index contributed by atoms with van der Waals surface area (Å²) in [5.74, 6) is 6.76. The van der Waals surface area contributed by atoms with Gasteiger partial charge in [-0.25, -0.2) is 0 Å². The van der Waals surface area contributed by atoms with Gasteiger partial charge in [-0.05, 0) is 149 Å². The molecule has 0 spiro atoms. The molecule has 4 aromatic carbocycles. The third-order valence-electron chi connectivity index (χ3n) is 15.7. The number of hydrogen-bond acceptors (Lipinski definition) is 0. The quantitative estimate of drug-likeness (QED) is 0.178. The fraction of sp³-hybridized carbons (Fsp3) is 0.538. The van der Waals surface area contributed by atoms with E-state index in [-0.39, 0.29) is 16.2 Å². The van der Waals surface area contributed by atoms with Crippen molar-refractivity contribution in [2.75, 3.05) is 0 Å². The van der Waals surface area contributed by atoms with Crippen molar-refractivity contribution in [1.82, 2.24) is 0 Å². The Morgan fingerprint density at radius 2 is 0.943 bits per heavy atom. The first-order valence-corrected chi connectivity index (χ1v) is 21.7. The van der Waals surface area contributed by atoms with Crippen LogP contribution in [-0.2, 0) is 11.8 Å². The zero-order chi connectivity index (χ0) is 37.0. The van der Waals surface area contributed by atoms with E-state index in [4.69, 9.17) is 11.6 Å². The summed E-state index contributed by atoms with van der Waals surface area (Å²) in [6, 6.07) is 44.6. The fourth-order valence-corrected chi connectivity index (χ4v) is 13.8. The Morgan fingerprint density at radius 3 is 1.38 bits per heavy atom. The van der Waals surface area contributed by atoms with Gasteiger partial charge in [-0.1, -0.05) is 169 Å².